The zero-order valence-corrected chi connectivity index (χ0v) is 21.4. The van der Waals surface area contributed by atoms with E-state index >= 15 is 0 Å². The molecule has 0 radical (unpaired) electrons. The van der Waals surface area contributed by atoms with Gasteiger partial charge in [0.05, 0.1) is 16.8 Å². The molecule has 1 aliphatic heterocycles. The third-order valence-corrected chi connectivity index (χ3v) is 6.45. The predicted octanol–water partition coefficient (Wildman–Crippen LogP) is 6.08. The van der Waals surface area contributed by atoms with Gasteiger partial charge >= 0.3 is 5.97 Å². The first-order chi connectivity index (χ1) is 17.1. The van der Waals surface area contributed by atoms with Gasteiger partial charge in [-0.05, 0) is 101 Å². The first kappa shape index (κ1) is 25.5. The fraction of sp³-hybridized carbons (Fsp3) is 0.333. The topological polar surface area (TPSA) is 78.9 Å². The number of nitrogens with zero attached hydrogens (tertiary/aromatic N) is 1. The van der Waals surface area contributed by atoms with E-state index in [4.69, 9.17) is 4.74 Å². The molecule has 0 unspecified atom stereocenters. The summed E-state index contributed by atoms with van der Waals surface area (Å²) < 4.78 is 5.57. The van der Waals surface area contributed by atoms with Crippen LogP contribution in [0.4, 0.5) is 5.69 Å². The molecule has 0 aliphatic carbocycles. The second-order valence-electron chi connectivity index (χ2n) is 10.4. The molecular formula is C30H34N2O4. The number of likely N-dealkylation sites (tertiary alicyclic amines) is 1. The average Bonchev–Trinajstić information content (AvgIpc) is 2.83. The van der Waals surface area contributed by atoms with Gasteiger partial charge in [0.25, 0.3) is 5.91 Å². The third-order valence-electron chi connectivity index (χ3n) is 6.45. The summed E-state index contributed by atoms with van der Waals surface area (Å²) in [7, 11) is 2.11. The summed E-state index contributed by atoms with van der Waals surface area (Å²) >= 11 is 0. The van der Waals surface area contributed by atoms with E-state index in [9.17, 15) is 14.7 Å². The Balaban J connectivity index is 1.62. The van der Waals surface area contributed by atoms with E-state index in [0.717, 1.165) is 42.6 Å². The number of piperidine rings is 1. The Labute approximate surface area is 212 Å². The maximum absolute atomic E-state index is 13.2. The predicted molar refractivity (Wildman–Crippen MR) is 143 cm³/mol. The monoisotopic (exact) mass is 486 g/mol. The number of carbonyl (C=O) groups excluding carboxylic acids is 2. The van der Waals surface area contributed by atoms with Gasteiger partial charge in [0.1, 0.15) is 11.4 Å². The molecule has 4 rings (SSSR count). The fourth-order valence-corrected chi connectivity index (χ4v) is 4.50. The molecule has 0 atom stereocenters. The molecule has 188 valence electrons. The second kappa shape index (κ2) is 10.5. The number of anilines is 1. The maximum Gasteiger partial charge on any atom is 0.340 e. The zero-order valence-electron chi connectivity index (χ0n) is 21.4. The van der Waals surface area contributed by atoms with Crippen LogP contribution in [0.1, 0.15) is 65.8 Å². The lowest BCUT2D eigenvalue weighted by molar-refractivity contribution is 0.00708. The van der Waals surface area contributed by atoms with Crippen LogP contribution >= 0.6 is 0 Å². The van der Waals surface area contributed by atoms with Crippen molar-refractivity contribution < 1.29 is 19.4 Å². The van der Waals surface area contributed by atoms with E-state index in [1.165, 1.54) is 0 Å². The Morgan fingerprint density at radius 1 is 0.917 bits per heavy atom. The number of hydrogen-bond acceptors (Lipinski definition) is 5. The van der Waals surface area contributed by atoms with Gasteiger partial charge in [-0.15, -0.1) is 0 Å². The van der Waals surface area contributed by atoms with E-state index in [2.05, 4.69) is 17.3 Å². The Bertz CT molecular complexity index is 1240. The highest BCUT2D eigenvalue weighted by atomic mass is 16.6. The minimum absolute atomic E-state index is 0.0676. The number of phenolic OH excluding ortho intramolecular Hbond substituents is 1. The summed E-state index contributed by atoms with van der Waals surface area (Å²) in [5, 5.41) is 13.6. The van der Waals surface area contributed by atoms with Crippen molar-refractivity contribution >= 4 is 17.6 Å². The molecule has 0 spiro atoms. The number of amides is 1. The minimum atomic E-state index is -0.682. The van der Waals surface area contributed by atoms with Gasteiger partial charge in [-0.25, -0.2) is 4.79 Å². The molecule has 36 heavy (non-hydrogen) atoms. The summed E-state index contributed by atoms with van der Waals surface area (Å²) in [5.74, 6) is -0.718. The van der Waals surface area contributed by atoms with Gasteiger partial charge in [-0.1, -0.05) is 42.5 Å². The van der Waals surface area contributed by atoms with Gasteiger partial charge in [-0.3, -0.25) is 4.79 Å². The van der Waals surface area contributed by atoms with Crippen molar-refractivity contribution in [3.63, 3.8) is 0 Å². The van der Waals surface area contributed by atoms with E-state index in [-0.39, 0.29) is 16.9 Å². The average molecular weight is 487 g/mol. The Kier molecular flexibility index (Phi) is 7.45. The van der Waals surface area contributed by atoms with Crippen LogP contribution in [0.2, 0.25) is 0 Å². The Hall–Kier alpha value is -3.64. The molecule has 1 amide bonds. The number of rotatable bonds is 5. The summed E-state index contributed by atoms with van der Waals surface area (Å²) in [4.78, 5) is 28.5. The summed E-state index contributed by atoms with van der Waals surface area (Å²) in [6.45, 7) is 7.42. The normalized spacial score (nSPS) is 14.9. The van der Waals surface area contributed by atoms with E-state index < -0.39 is 17.5 Å². The molecule has 6 heteroatoms. The number of aromatic hydroxyl groups is 1. The molecule has 1 heterocycles. The second-order valence-corrected chi connectivity index (χ2v) is 10.4. The lowest BCUT2D eigenvalue weighted by Crippen LogP contribution is -2.29. The zero-order chi connectivity index (χ0) is 25.9. The molecule has 3 aromatic carbocycles. The standard InChI is InChI=1S/C30H34N2O4/c1-30(2,3)36-29(35)24-12-10-22(20-8-6-5-7-9-20)18-26(24)31-28(34)25-13-11-23(19-27(25)33)21-14-16-32(4)17-15-21/h5-13,18-19,21,33H,14-17H2,1-4H3,(H,31,34). The summed E-state index contributed by atoms with van der Waals surface area (Å²) in [6, 6.07) is 20.2. The van der Waals surface area contributed by atoms with Crippen LogP contribution in [0.5, 0.6) is 5.75 Å². The first-order valence-electron chi connectivity index (χ1n) is 12.4. The molecule has 3 aromatic rings. The van der Waals surface area contributed by atoms with Gasteiger partial charge in [0, 0.05) is 0 Å². The van der Waals surface area contributed by atoms with Crippen LogP contribution in [0.25, 0.3) is 11.1 Å². The van der Waals surface area contributed by atoms with Crippen molar-refractivity contribution in [2.75, 3.05) is 25.5 Å². The van der Waals surface area contributed by atoms with Gasteiger partial charge in [-0.2, -0.15) is 0 Å². The van der Waals surface area contributed by atoms with Crippen LogP contribution in [-0.4, -0.2) is 47.6 Å². The SMILES string of the molecule is CN1CCC(c2ccc(C(=O)Nc3cc(-c4ccccc4)ccc3C(=O)OC(C)(C)C)c(O)c2)CC1. The van der Waals surface area contributed by atoms with Crippen LogP contribution in [0, 0.1) is 0 Å². The number of hydrogen-bond donors (Lipinski definition) is 2. The molecule has 0 saturated carbocycles. The summed E-state index contributed by atoms with van der Waals surface area (Å²) in [5.41, 5.74) is 2.90. The lowest BCUT2D eigenvalue weighted by atomic mass is 9.89. The van der Waals surface area contributed by atoms with Crippen molar-refractivity contribution in [1.82, 2.24) is 4.90 Å². The van der Waals surface area contributed by atoms with Crippen molar-refractivity contribution in [1.29, 1.82) is 0 Å². The highest BCUT2D eigenvalue weighted by molar-refractivity contribution is 6.09. The Morgan fingerprint density at radius 3 is 2.22 bits per heavy atom. The van der Waals surface area contributed by atoms with Crippen molar-refractivity contribution in [3.05, 3.63) is 83.4 Å². The smallest absolute Gasteiger partial charge is 0.340 e. The first-order valence-corrected chi connectivity index (χ1v) is 12.4. The number of nitrogens with one attached hydrogen (secondary N) is 1. The van der Waals surface area contributed by atoms with Crippen LogP contribution in [0.15, 0.2) is 66.7 Å². The number of ether oxygens (including phenoxy) is 1. The fourth-order valence-electron chi connectivity index (χ4n) is 4.50. The highest BCUT2D eigenvalue weighted by Crippen LogP contribution is 2.32. The third kappa shape index (κ3) is 6.13. The van der Waals surface area contributed by atoms with Crippen molar-refractivity contribution in [3.8, 4) is 16.9 Å². The van der Waals surface area contributed by atoms with Crippen LogP contribution in [0.3, 0.4) is 0 Å². The van der Waals surface area contributed by atoms with Crippen molar-refractivity contribution in [2.24, 2.45) is 0 Å². The summed E-state index contributed by atoms with van der Waals surface area (Å²) in [6.07, 6.45) is 2.04. The molecule has 0 bridgehead atoms. The molecule has 0 aromatic heterocycles. The van der Waals surface area contributed by atoms with Gasteiger partial charge < -0.3 is 20.1 Å². The van der Waals surface area contributed by atoms with Gasteiger partial charge in [0.15, 0.2) is 0 Å². The van der Waals surface area contributed by atoms with E-state index in [1.54, 1.807) is 45.0 Å². The molecule has 1 fully saturated rings. The molecule has 1 aliphatic rings. The van der Waals surface area contributed by atoms with Crippen LogP contribution in [-0.2, 0) is 4.74 Å². The quantitative estimate of drug-likeness (QED) is 0.428. The largest absolute Gasteiger partial charge is 0.507 e. The van der Waals surface area contributed by atoms with Crippen LogP contribution < -0.4 is 5.32 Å². The number of benzene rings is 3. The lowest BCUT2D eigenvalue weighted by Gasteiger charge is -2.29. The molecule has 1 saturated heterocycles. The van der Waals surface area contributed by atoms with Crippen molar-refractivity contribution in [2.45, 2.75) is 45.1 Å². The minimum Gasteiger partial charge on any atom is -0.507 e. The molecular weight excluding hydrogens is 452 g/mol. The maximum atomic E-state index is 13.2. The molecule has 2 N–H and O–H groups in total. The number of esters is 1. The number of phenols is 1. The molecule has 6 nitrogen and oxygen atoms in total. The number of carbonyl (C=O) groups is 2. The van der Waals surface area contributed by atoms with E-state index in [1.807, 2.05) is 42.5 Å². The van der Waals surface area contributed by atoms with Gasteiger partial charge in [0.2, 0.25) is 0 Å². The highest BCUT2D eigenvalue weighted by Gasteiger charge is 2.24. The Morgan fingerprint density at radius 2 is 1.58 bits per heavy atom. The van der Waals surface area contributed by atoms with E-state index in [0.29, 0.717) is 11.6 Å².